The van der Waals surface area contributed by atoms with Crippen LogP contribution in [0.25, 0.3) is 0 Å². The topological polar surface area (TPSA) is 46.8 Å². The second-order valence-corrected chi connectivity index (χ2v) is 7.62. The monoisotopic (exact) mass is 399 g/mol. The summed E-state index contributed by atoms with van der Waals surface area (Å²) in [7, 11) is 0. The standard InChI is InChI=1S/C24H22FN5/c25-22-12-10-18(11-13-22)16-30-24(26-27-28-30)23(20-7-2-1-3-8-20)29-15-14-19-6-4-5-9-21(19)17-29/h1-13,23H,14-17H2. The van der Waals surface area contributed by atoms with E-state index in [0.29, 0.717) is 6.54 Å². The number of aromatic nitrogens is 4. The highest BCUT2D eigenvalue weighted by Gasteiger charge is 2.30. The fourth-order valence-corrected chi connectivity index (χ4v) is 4.18. The molecule has 0 N–H and O–H groups in total. The predicted octanol–water partition coefficient (Wildman–Crippen LogP) is 4.01. The highest BCUT2D eigenvalue weighted by molar-refractivity contribution is 5.32. The van der Waals surface area contributed by atoms with Crippen molar-refractivity contribution >= 4 is 0 Å². The molecule has 5 rings (SSSR count). The lowest BCUT2D eigenvalue weighted by Gasteiger charge is -2.35. The second-order valence-electron chi connectivity index (χ2n) is 7.62. The first kappa shape index (κ1) is 18.6. The first-order chi connectivity index (χ1) is 14.8. The van der Waals surface area contributed by atoms with E-state index in [1.165, 1.54) is 23.3 Å². The third kappa shape index (κ3) is 3.74. The summed E-state index contributed by atoms with van der Waals surface area (Å²) < 4.78 is 15.1. The molecule has 0 saturated carbocycles. The Balaban J connectivity index is 1.51. The lowest BCUT2D eigenvalue weighted by atomic mass is 9.96. The smallest absolute Gasteiger partial charge is 0.173 e. The zero-order chi connectivity index (χ0) is 20.3. The van der Waals surface area contributed by atoms with Crippen LogP contribution in [-0.4, -0.2) is 31.7 Å². The summed E-state index contributed by atoms with van der Waals surface area (Å²) in [6.07, 6.45) is 0.999. The van der Waals surface area contributed by atoms with E-state index in [1.54, 1.807) is 12.1 Å². The van der Waals surface area contributed by atoms with E-state index < -0.39 is 0 Å². The maximum Gasteiger partial charge on any atom is 0.173 e. The number of rotatable bonds is 5. The van der Waals surface area contributed by atoms with Gasteiger partial charge in [-0.15, -0.1) is 5.10 Å². The quantitative estimate of drug-likeness (QED) is 0.509. The minimum atomic E-state index is -0.246. The van der Waals surface area contributed by atoms with Crippen molar-refractivity contribution in [2.24, 2.45) is 0 Å². The molecule has 1 aliphatic rings. The Morgan fingerprint density at radius 2 is 1.60 bits per heavy atom. The molecule has 4 aromatic rings. The number of halogens is 1. The molecule has 1 atom stereocenters. The molecule has 0 amide bonds. The van der Waals surface area contributed by atoms with Crippen LogP contribution in [0.4, 0.5) is 4.39 Å². The molecule has 0 spiro atoms. The number of nitrogens with zero attached hydrogens (tertiary/aromatic N) is 5. The van der Waals surface area contributed by atoms with Gasteiger partial charge in [-0.3, -0.25) is 4.90 Å². The molecular weight excluding hydrogens is 377 g/mol. The van der Waals surface area contributed by atoms with Gasteiger partial charge in [0.2, 0.25) is 0 Å². The summed E-state index contributed by atoms with van der Waals surface area (Å²) >= 11 is 0. The van der Waals surface area contributed by atoms with Gasteiger partial charge in [0.15, 0.2) is 5.82 Å². The highest BCUT2D eigenvalue weighted by atomic mass is 19.1. The molecular formula is C24H22FN5. The molecule has 30 heavy (non-hydrogen) atoms. The maximum absolute atomic E-state index is 13.3. The van der Waals surface area contributed by atoms with Crippen molar-refractivity contribution in [1.82, 2.24) is 25.1 Å². The zero-order valence-electron chi connectivity index (χ0n) is 16.5. The molecule has 6 heteroatoms. The molecule has 1 aromatic heterocycles. The van der Waals surface area contributed by atoms with Crippen molar-refractivity contribution in [1.29, 1.82) is 0 Å². The number of benzene rings is 3. The van der Waals surface area contributed by atoms with Crippen LogP contribution < -0.4 is 0 Å². The van der Waals surface area contributed by atoms with Crippen LogP contribution in [0, 0.1) is 5.82 Å². The first-order valence-electron chi connectivity index (χ1n) is 10.1. The van der Waals surface area contributed by atoms with Gasteiger partial charge in [-0.05, 0) is 51.2 Å². The average Bonchev–Trinajstić information content (AvgIpc) is 3.24. The molecule has 0 fully saturated rings. The summed E-state index contributed by atoms with van der Waals surface area (Å²) in [4.78, 5) is 2.44. The summed E-state index contributed by atoms with van der Waals surface area (Å²) in [5, 5.41) is 12.7. The molecule has 1 aliphatic heterocycles. The lowest BCUT2D eigenvalue weighted by molar-refractivity contribution is 0.195. The normalized spacial score (nSPS) is 15.0. The number of tetrazole rings is 1. The molecule has 2 heterocycles. The van der Waals surface area contributed by atoms with Crippen LogP contribution in [0.3, 0.4) is 0 Å². The Kier molecular flexibility index (Phi) is 5.07. The molecule has 0 bridgehead atoms. The summed E-state index contributed by atoms with van der Waals surface area (Å²) in [5.41, 5.74) is 4.88. The van der Waals surface area contributed by atoms with E-state index in [1.807, 2.05) is 22.9 Å². The van der Waals surface area contributed by atoms with Crippen molar-refractivity contribution < 1.29 is 4.39 Å². The van der Waals surface area contributed by atoms with Gasteiger partial charge in [-0.25, -0.2) is 9.07 Å². The molecule has 0 aliphatic carbocycles. The van der Waals surface area contributed by atoms with E-state index in [0.717, 1.165) is 36.5 Å². The van der Waals surface area contributed by atoms with Crippen molar-refractivity contribution in [3.05, 3.63) is 113 Å². The maximum atomic E-state index is 13.3. The molecule has 1 unspecified atom stereocenters. The van der Waals surface area contributed by atoms with E-state index in [9.17, 15) is 4.39 Å². The fourth-order valence-electron chi connectivity index (χ4n) is 4.18. The minimum Gasteiger partial charge on any atom is -0.285 e. The van der Waals surface area contributed by atoms with Gasteiger partial charge >= 0.3 is 0 Å². The van der Waals surface area contributed by atoms with Crippen LogP contribution in [0.1, 0.15) is 34.1 Å². The van der Waals surface area contributed by atoms with Gasteiger partial charge in [-0.1, -0.05) is 66.7 Å². The Hall–Kier alpha value is -3.38. The van der Waals surface area contributed by atoms with Crippen LogP contribution in [0.15, 0.2) is 78.9 Å². The van der Waals surface area contributed by atoms with Gasteiger partial charge in [-0.2, -0.15) is 0 Å². The number of hydrogen-bond donors (Lipinski definition) is 0. The van der Waals surface area contributed by atoms with Crippen molar-refractivity contribution in [3.63, 3.8) is 0 Å². The highest BCUT2D eigenvalue weighted by Crippen LogP contribution is 2.32. The summed E-state index contributed by atoms with van der Waals surface area (Å²) in [6.45, 7) is 2.27. The summed E-state index contributed by atoms with van der Waals surface area (Å²) in [5.74, 6) is 0.551. The van der Waals surface area contributed by atoms with Crippen LogP contribution >= 0.6 is 0 Å². The van der Waals surface area contributed by atoms with Crippen LogP contribution in [0.5, 0.6) is 0 Å². The first-order valence-corrected chi connectivity index (χ1v) is 10.1. The van der Waals surface area contributed by atoms with Gasteiger partial charge in [0.25, 0.3) is 0 Å². The van der Waals surface area contributed by atoms with Crippen LogP contribution in [0.2, 0.25) is 0 Å². The molecule has 0 radical (unpaired) electrons. The van der Waals surface area contributed by atoms with Crippen molar-refractivity contribution in [3.8, 4) is 0 Å². The SMILES string of the molecule is Fc1ccc(Cn2nnnc2C(c2ccccc2)N2CCc3ccccc3C2)cc1. The third-order valence-corrected chi connectivity index (χ3v) is 5.69. The van der Waals surface area contributed by atoms with E-state index in [2.05, 4.69) is 56.8 Å². The van der Waals surface area contributed by atoms with E-state index >= 15 is 0 Å². The zero-order valence-corrected chi connectivity index (χ0v) is 16.5. The molecule has 0 saturated heterocycles. The third-order valence-electron chi connectivity index (χ3n) is 5.69. The Labute approximate surface area is 174 Å². The number of fused-ring (bicyclic) bond motifs is 1. The molecule has 5 nitrogen and oxygen atoms in total. The fraction of sp³-hybridized carbons (Fsp3) is 0.208. The van der Waals surface area contributed by atoms with Crippen LogP contribution in [-0.2, 0) is 19.5 Å². The second kappa shape index (κ2) is 8.16. The largest absolute Gasteiger partial charge is 0.285 e. The van der Waals surface area contributed by atoms with Crippen molar-refractivity contribution in [2.45, 2.75) is 25.6 Å². The van der Waals surface area contributed by atoms with Gasteiger partial charge in [0.05, 0.1) is 12.6 Å². The van der Waals surface area contributed by atoms with E-state index in [4.69, 9.17) is 0 Å². The molecule has 3 aromatic carbocycles. The predicted molar refractivity (Wildman–Crippen MR) is 112 cm³/mol. The Morgan fingerprint density at radius 1 is 0.867 bits per heavy atom. The van der Waals surface area contributed by atoms with Crippen molar-refractivity contribution in [2.75, 3.05) is 6.54 Å². The molecule has 150 valence electrons. The number of hydrogen-bond acceptors (Lipinski definition) is 4. The van der Waals surface area contributed by atoms with Gasteiger partial charge in [0.1, 0.15) is 5.82 Å². The van der Waals surface area contributed by atoms with Gasteiger partial charge < -0.3 is 0 Å². The Morgan fingerprint density at radius 3 is 2.40 bits per heavy atom. The van der Waals surface area contributed by atoms with E-state index in [-0.39, 0.29) is 11.9 Å². The minimum absolute atomic E-state index is 0.0602. The Bertz CT molecular complexity index is 1120. The summed E-state index contributed by atoms with van der Waals surface area (Å²) in [6, 6.07) is 25.4. The van der Waals surface area contributed by atoms with Gasteiger partial charge in [0, 0.05) is 13.1 Å². The lowest BCUT2D eigenvalue weighted by Crippen LogP contribution is -2.36. The average molecular weight is 399 g/mol.